The predicted molar refractivity (Wildman–Crippen MR) is 152 cm³/mol. The molecule has 5 atom stereocenters. The van der Waals surface area contributed by atoms with Crippen molar-refractivity contribution >= 4 is 40.4 Å². The van der Waals surface area contributed by atoms with Crippen molar-refractivity contribution in [2.75, 3.05) is 20.8 Å². The number of carbonyl (C=O) groups excluding carboxylic acids is 5. The minimum absolute atomic E-state index is 0.0746. The Bertz CT molecular complexity index is 1740. The van der Waals surface area contributed by atoms with Crippen LogP contribution in [0.2, 0.25) is 0 Å². The van der Waals surface area contributed by atoms with Gasteiger partial charge in [-0.1, -0.05) is 0 Å². The summed E-state index contributed by atoms with van der Waals surface area (Å²) in [4.78, 5) is 78.6. The van der Waals surface area contributed by atoms with Crippen molar-refractivity contribution in [3.8, 4) is 23.0 Å². The molecule has 5 N–H and O–H groups in total. The number of nitrogens with zero attached hydrogens (tertiary/aromatic N) is 1. The molecule has 1 fully saturated rings. The Kier molecular flexibility index (Phi) is 11.1. The molecule has 1 saturated heterocycles. The molecule has 0 spiro atoms. The summed E-state index contributed by atoms with van der Waals surface area (Å²) in [6.45, 7) is 4.16. The van der Waals surface area contributed by atoms with E-state index < -0.39 is 89.1 Å². The van der Waals surface area contributed by atoms with Crippen LogP contribution < -0.4 is 14.9 Å². The number of fused-ring (bicyclic) bond motifs is 2. The number of hydrogen-bond donors (Lipinski definition) is 5. The summed E-state index contributed by atoms with van der Waals surface area (Å²) in [5, 5.41) is 44.7. The van der Waals surface area contributed by atoms with Crippen molar-refractivity contribution in [1.82, 2.24) is 4.98 Å². The van der Waals surface area contributed by atoms with E-state index in [1.807, 2.05) is 0 Å². The molecule has 0 aromatic heterocycles. The fourth-order valence-electron chi connectivity index (χ4n) is 4.62. The van der Waals surface area contributed by atoms with E-state index in [0.717, 1.165) is 21.1 Å². The first-order valence-corrected chi connectivity index (χ1v) is 13.4. The molecule has 0 bridgehead atoms. The number of carbonyl (C=O) groups is 5. The molecular weight excluding hydrogens is 618 g/mol. The highest BCUT2D eigenvalue weighted by molar-refractivity contribution is 6.18. The van der Waals surface area contributed by atoms with Crippen LogP contribution in [0.5, 0.6) is 11.5 Å². The summed E-state index contributed by atoms with van der Waals surface area (Å²) in [5.74, 6) is -3.76. The fraction of sp³-hybridized carbons (Fsp3) is 0.414. The van der Waals surface area contributed by atoms with Gasteiger partial charge in [0.25, 0.3) is 0 Å². The van der Waals surface area contributed by atoms with Crippen molar-refractivity contribution in [2.45, 2.75) is 58.4 Å². The average molecular weight is 650 g/mol. The molecule has 2 aliphatic heterocycles. The molecular formula is C29H31NO16. The lowest BCUT2D eigenvalue weighted by Crippen LogP contribution is -2.58. The second-order valence-electron chi connectivity index (χ2n) is 9.98. The normalized spacial score (nSPS) is 20.8. The zero-order valence-corrected chi connectivity index (χ0v) is 25.3. The molecule has 1 aromatic rings. The molecule has 3 aliphatic rings. The van der Waals surface area contributed by atoms with Crippen LogP contribution in [0, 0.1) is 0 Å². The quantitative estimate of drug-likeness (QED) is 0.0978. The van der Waals surface area contributed by atoms with E-state index in [4.69, 9.17) is 39.4 Å². The molecule has 17 heteroatoms. The van der Waals surface area contributed by atoms with Crippen molar-refractivity contribution in [3.05, 3.63) is 38.5 Å². The van der Waals surface area contributed by atoms with Crippen LogP contribution >= 0.6 is 0 Å². The Balaban J connectivity index is 0.000000402. The number of ether oxygens (including phenoxy) is 4. The number of benzene rings is 2. The minimum atomic E-state index is -1.57. The highest BCUT2D eigenvalue weighted by Gasteiger charge is 2.42. The number of aliphatic hydroxyl groups excluding tert-OH is 5. The molecule has 1 aliphatic carbocycles. The van der Waals surface area contributed by atoms with Gasteiger partial charge in [-0.25, -0.2) is 9.78 Å². The molecule has 4 rings (SSSR count). The highest BCUT2D eigenvalue weighted by Crippen LogP contribution is 2.42. The molecule has 17 nitrogen and oxygen atoms in total. The number of ketones is 4. The SMILES string of the molecule is COC(=O)Oc1c2nc3c(C(C)=O)cc(C(C)=O)c(C(C)=O)c3oc-2c(OC)c(=O)c1C(C)=O.OC[C@H]1O[C@@H](O)[C@H](O)[C@@H](O)[C@H]1O. The Hall–Kier alpha value is -4.65. The predicted octanol–water partition coefficient (Wildman–Crippen LogP) is 0.0356. The van der Waals surface area contributed by atoms with E-state index >= 15 is 0 Å². The van der Waals surface area contributed by atoms with Crippen molar-refractivity contribution in [1.29, 1.82) is 0 Å². The minimum Gasteiger partial charge on any atom is -0.490 e. The Morgan fingerprint density at radius 1 is 0.826 bits per heavy atom. The van der Waals surface area contributed by atoms with Crippen LogP contribution in [0.25, 0.3) is 22.6 Å². The summed E-state index contributed by atoms with van der Waals surface area (Å²) in [7, 11) is 2.16. The zero-order valence-electron chi connectivity index (χ0n) is 25.3. The molecule has 46 heavy (non-hydrogen) atoms. The smallest absolute Gasteiger partial charge is 0.490 e. The van der Waals surface area contributed by atoms with Gasteiger partial charge in [0.2, 0.25) is 16.9 Å². The van der Waals surface area contributed by atoms with Gasteiger partial charge in [-0.05, 0) is 33.8 Å². The van der Waals surface area contributed by atoms with Gasteiger partial charge in [-0.3, -0.25) is 24.0 Å². The summed E-state index contributed by atoms with van der Waals surface area (Å²) in [6.07, 6.45) is -8.29. The number of hydrogen-bond acceptors (Lipinski definition) is 17. The van der Waals surface area contributed by atoms with Crippen LogP contribution in [-0.2, 0) is 9.47 Å². The van der Waals surface area contributed by atoms with Crippen LogP contribution in [-0.4, -0.2) is 111 Å². The maximum Gasteiger partial charge on any atom is 0.513 e. The molecule has 2 heterocycles. The van der Waals surface area contributed by atoms with E-state index in [-0.39, 0.29) is 39.2 Å². The van der Waals surface area contributed by atoms with E-state index in [1.165, 1.54) is 26.8 Å². The molecule has 1 aromatic carbocycles. The van der Waals surface area contributed by atoms with Gasteiger partial charge >= 0.3 is 6.16 Å². The number of rotatable bonds is 7. The summed E-state index contributed by atoms with van der Waals surface area (Å²) < 4.78 is 25.1. The van der Waals surface area contributed by atoms with Crippen LogP contribution in [0.15, 0.2) is 15.3 Å². The summed E-state index contributed by atoms with van der Waals surface area (Å²) in [5.41, 5.74) is -2.57. The highest BCUT2D eigenvalue weighted by atomic mass is 16.7. The van der Waals surface area contributed by atoms with Gasteiger partial charge in [0.15, 0.2) is 46.4 Å². The van der Waals surface area contributed by atoms with Gasteiger partial charge in [0, 0.05) is 11.1 Å². The van der Waals surface area contributed by atoms with Crippen molar-refractivity contribution < 1.29 is 72.9 Å². The van der Waals surface area contributed by atoms with Gasteiger partial charge in [-0.2, -0.15) is 0 Å². The maximum atomic E-state index is 13.0. The molecule has 248 valence electrons. The molecule has 0 radical (unpaired) electrons. The topological polar surface area (TPSA) is 267 Å². The third kappa shape index (κ3) is 6.64. The lowest BCUT2D eigenvalue weighted by atomic mass is 9.94. The lowest BCUT2D eigenvalue weighted by Gasteiger charge is -2.37. The van der Waals surface area contributed by atoms with Crippen molar-refractivity contribution in [2.24, 2.45) is 0 Å². The van der Waals surface area contributed by atoms with E-state index in [0.29, 0.717) is 0 Å². The van der Waals surface area contributed by atoms with Crippen LogP contribution in [0.4, 0.5) is 4.79 Å². The fourth-order valence-corrected chi connectivity index (χ4v) is 4.62. The molecule has 0 unspecified atom stereocenters. The lowest BCUT2D eigenvalue weighted by molar-refractivity contribution is -0.286. The van der Waals surface area contributed by atoms with Crippen molar-refractivity contribution in [3.63, 3.8) is 0 Å². The Morgan fingerprint density at radius 2 is 1.41 bits per heavy atom. The first-order chi connectivity index (χ1) is 21.5. The summed E-state index contributed by atoms with van der Waals surface area (Å²) in [6, 6.07) is 1.21. The van der Waals surface area contributed by atoms with Gasteiger partial charge in [-0.15, -0.1) is 0 Å². The third-order valence-corrected chi connectivity index (χ3v) is 6.87. The maximum absolute atomic E-state index is 13.0. The monoisotopic (exact) mass is 649 g/mol. The third-order valence-electron chi connectivity index (χ3n) is 6.87. The first kappa shape index (κ1) is 35.8. The Labute approximate surface area is 259 Å². The number of methoxy groups -OCH3 is 2. The number of aliphatic hydroxyl groups is 5. The zero-order chi connectivity index (χ0) is 34.8. The average Bonchev–Trinajstić information content (AvgIpc) is 2.99. The van der Waals surface area contributed by atoms with Crippen LogP contribution in [0.1, 0.15) is 69.1 Å². The molecule has 0 saturated carbocycles. The number of aromatic nitrogens is 1. The van der Waals surface area contributed by atoms with E-state index in [9.17, 15) is 28.8 Å². The second kappa shape index (κ2) is 14.2. The Morgan fingerprint density at radius 3 is 1.89 bits per heavy atom. The molecule has 0 amide bonds. The first-order valence-electron chi connectivity index (χ1n) is 13.4. The largest absolute Gasteiger partial charge is 0.513 e. The van der Waals surface area contributed by atoms with Gasteiger partial charge in [0.1, 0.15) is 35.5 Å². The summed E-state index contributed by atoms with van der Waals surface area (Å²) >= 11 is 0. The van der Waals surface area contributed by atoms with Gasteiger partial charge in [0.05, 0.1) is 26.4 Å². The van der Waals surface area contributed by atoms with E-state index in [1.54, 1.807) is 0 Å². The standard InChI is InChI=1S/C23H19NO10.C6H12O6/c1-8(25)12-7-13(9(2)26)16-19(14(12)10(3)27)33-21-17(24-16)20(34-23(30)32-6)15(11(4)28)18(29)22(21)31-5;7-1-2-3(8)4(9)5(10)6(11)12-2/h7H,1-6H3;2-11H,1H2/t;2-,3+,4+,5-,6-/m.1/s1. The van der Waals surface area contributed by atoms with Crippen LogP contribution in [0.3, 0.4) is 0 Å². The number of Topliss-reactive ketones (excluding diaryl/α,β-unsaturated/α-hetero) is 4. The van der Waals surface area contributed by atoms with Gasteiger partial charge < -0.3 is 48.9 Å². The van der Waals surface area contributed by atoms with E-state index in [2.05, 4.69) is 14.5 Å². The second-order valence-corrected chi connectivity index (χ2v) is 9.98.